The Bertz CT molecular complexity index is 658. The highest BCUT2D eigenvalue weighted by atomic mass is 16.5. The molecular formula is C18H27N3O3. The van der Waals surface area contributed by atoms with E-state index in [0.29, 0.717) is 11.2 Å². The molecule has 1 N–H and O–H groups in total. The summed E-state index contributed by atoms with van der Waals surface area (Å²) in [5, 5.41) is 0. The van der Waals surface area contributed by atoms with Gasteiger partial charge in [0.1, 0.15) is 5.82 Å². The van der Waals surface area contributed by atoms with Gasteiger partial charge in [-0.05, 0) is 43.9 Å². The molecule has 1 aliphatic carbocycles. The second-order valence-electron chi connectivity index (χ2n) is 7.79. The molecule has 132 valence electrons. The Morgan fingerprint density at radius 2 is 2.04 bits per heavy atom. The molecule has 2 heterocycles. The monoisotopic (exact) mass is 333 g/mol. The van der Waals surface area contributed by atoms with E-state index in [4.69, 9.17) is 4.74 Å². The second-order valence-corrected chi connectivity index (χ2v) is 7.79. The minimum Gasteiger partial charge on any atom is -0.490 e. The lowest BCUT2D eigenvalue weighted by atomic mass is 9.73. The van der Waals surface area contributed by atoms with Gasteiger partial charge in [-0.2, -0.15) is 0 Å². The summed E-state index contributed by atoms with van der Waals surface area (Å²) in [6.07, 6.45) is 7.35. The molecule has 6 heteroatoms. The average molecular weight is 333 g/mol. The van der Waals surface area contributed by atoms with Crippen molar-refractivity contribution in [3.8, 4) is 5.75 Å². The molecular weight excluding hydrogens is 306 g/mol. The fourth-order valence-corrected chi connectivity index (χ4v) is 3.91. The molecule has 1 aromatic rings. The maximum Gasteiger partial charge on any atom is 0.293 e. The molecule has 0 aromatic carbocycles. The zero-order valence-electron chi connectivity index (χ0n) is 14.8. The van der Waals surface area contributed by atoms with Crippen molar-refractivity contribution < 1.29 is 9.53 Å². The quantitative estimate of drug-likeness (QED) is 0.923. The van der Waals surface area contributed by atoms with E-state index >= 15 is 0 Å². The second kappa shape index (κ2) is 6.57. The molecule has 0 unspecified atom stereocenters. The van der Waals surface area contributed by atoms with E-state index in [9.17, 15) is 9.59 Å². The van der Waals surface area contributed by atoms with Gasteiger partial charge in [-0.1, -0.05) is 13.8 Å². The molecule has 2 fully saturated rings. The number of carbonyl (C=O) groups is 1. The standard InChI is InChI=1S/C18H27N3O3/c1-18(2)8-6-12(7-9-18)17(23)21-10-4-5-13(21)15-19-11-14(24-3)16(22)20-15/h11-13H,4-10H2,1-3H3,(H,19,20,22)/t13-/m0/s1. The Morgan fingerprint density at radius 3 is 2.67 bits per heavy atom. The van der Waals surface area contributed by atoms with Crippen LogP contribution < -0.4 is 10.3 Å². The summed E-state index contributed by atoms with van der Waals surface area (Å²) in [6.45, 7) is 5.30. The fourth-order valence-electron chi connectivity index (χ4n) is 3.91. The Morgan fingerprint density at radius 1 is 1.33 bits per heavy atom. The number of amides is 1. The third kappa shape index (κ3) is 3.32. The van der Waals surface area contributed by atoms with Crippen LogP contribution in [0.2, 0.25) is 0 Å². The van der Waals surface area contributed by atoms with Gasteiger partial charge in [0.15, 0.2) is 0 Å². The van der Waals surface area contributed by atoms with Crippen LogP contribution in [0.15, 0.2) is 11.0 Å². The Hall–Kier alpha value is -1.85. The van der Waals surface area contributed by atoms with Crippen LogP contribution in [0.25, 0.3) is 0 Å². The van der Waals surface area contributed by atoms with Crippen LogP contribution in [-0.2, 0) is 4.79 Å². The summed E-state index contributed by atoms with van der Waals surface area (Å²) in [4.78, 5) is 34.0. The normalized spacial score (nSPS) is 24.1. The summed E-state index contributed by atoms with van der Waals surface area (Å²) in [5.41, 5.74) is 0.0606. The van der Waals surface area contributed by atoms with Crippen molar-refractivity contribution in [1.29, 1.82) is 0 Å². The first kappa shape index (κ1) is 17.0. The largest absolute Gasteiger partial charge is 0.490 e. The predicted molar refractivity (Wildman–Crippen MR) is 90.8 cm³/mol. The van der Waals surface area contributed by atoms with E-state index in [2.05, 4.69) is 23.8 Å². The van der Waals surface area contributed by atoms with Gasteiger partial charge < -0.3 is 14.6 Å². The lowest BCUT2D eigenvalue weighted by Gasteiger charge is -2.36. The van der Waals surface area contributed by atoms with Gasteiger partial charge in [0.25, 0.3) is 5.56 Å². The predicted octanol–water partition coefficient (Wildman–Crippen LogP) is 2.66. The van der Waals surface area contributed by atoms with Crippen LogP contribution in [0, 0.1) is 11.3 Å². The molecule has 1 aromatic heterocycles. The van der Waals surface area contributed by atoms with E-state index in [1.54, 1.807) is 0 Å². The molecule has 6 nitrogen and oxygen atoms in total. The Kier molecular flexibility index (Phi) is 4.65. The summed E-state index contributed by atoms with van der Waals surface area (Å²) < 4.78 is 4.96. The Labute approximate surface area is 142 Å². The van der Waals surface area contributed by atoms with E-state index in [1.165, 1.54) is 13.3 Å². The number of rotatable bonds is 3. The third-order valence-corrected chi connectivity index (χ3v) is 5.55. The number of nitrogens with one attached hydrogen (secondary N) is 1. The molecule has 24 heavy (non-hydrogen) atoms. The topological polar surface area (TPSA) is 75.3 Å². The molecule has 1 saturated carbocycles. The molecule has 1 saturated heterocycles. The number of hydrogen-bond donors (Lipinski definition) is 1. The van der Waals surface area contributed by atoms with Gasteiger partial charge >= 0.3 is 0 Å². The number of H-pyrrole nitrogens is 1. The van der Waals surface area contributed by atoms with Crippen LogP contribution in [0.3, 0.4) is 0 Å². The maximum absolute atomic E-state index is 13.0. The van der Waals surface area contributed by atoms with E-state index in [1.807, 2.05) is 4.90 Å². The van der Waals surface area contributed by atoms with Crippen molar-refractivity contribution in [2.75, 3.05) is 13.7 Å². The molecule has 1 atom stereocenters. The van der Waals surface area contributed by atoms with E-state index in [-0.39, 0.29) is 29.2 Å². The van der Waals surface area contributed by atoms with Crippen molar-refractivity contribution in [2.45, 2.75) is 58.4 Å². The molecule has 0 bridgehead atoms. The van der Waals surface area contributed by atoms with Gasteiger partial charge in [-0.3, -0.25) is 9.59 Å². The lowest BCUT2D eigenvalue weighted by molar-refractivity contribution is -0.138. The van der Waals surface area contributed by atoms with Crippen molar-refractivity contribution in [1.82, 2.24) is 14.9 Å². The van der Waals surface area contributed by atoms with Crippen LogP contribution in [0.4, 0.5) is 0 Å². The molecule has 1 amide bonds. The zero-order chi connectivity index (χ0) is 17.3. The Balaban J connectivity index is 1.75. The van der Waals surface area contributed by atoms with Crippen molar-refractivity contribution >= 4 is 5.91 Å². The molecule has 3 rings (SSSR count). The molecule has 0 spiro atoms. The van der Waals surface area contributed by atoms with Gasteiger partial charge in [-0.25, -0.2) is 4.98 Å². The number of methoxy groups -OCH3 is 1. The van der Waals surface area contributed by atoms with Gasteiger partial charge in [0, 0.05) is 12.5 Å². The zero-order valence-corrected chi connectivity index (χ0v) is 14.8. The minimum atomic E-state index is -0.291. The van der Waals surface area contributed by atoms with Crippen molar-refractivity contribution in [3.05, 3.63) is 22.4 Å². The summed E-state index contributed by atoms with van der Waals surface area (Å²) in [6, 6.07) is -0.119. The molecule has 1 aliphatic heterocycles. The molecule has 2 aliphatic rings. The minimum absolute atomic E-state index is 0.114. The number of hydrogen-bond acceptors (Lipinski definition) is 4. The number of aromatic amines is 1. The van der Waals surface area contributed by atoms with Crippen LogP contribution >= 0.6 is 0 Å². The van der Waals surface area contributed by atoms with E-state index in [0.717, 1.165) is 45.1 Å². The lowest BCUT2D eigenvalue weighted by Crippen LogP contribution is -2.39. The summed E-state index contributed by atoms with van der Waals surface area (Å²) >= 11 is 0. The first-order valence-corrected chi connectivity index (χ1v) is 8.85. The highest BCUT2D eigenvalue weighted by Crippen LogP contribution is 2.40. The van der Waals surface area contributed by atoms with E-state index < -0.39 is 0 Å². The first-order valence-electron chi connectivity index (χ1n) is 8.85. The maximum atomic E-state index is 13.0. The smallest absolute Gasteiger partial charge is 0.293 e. The number of likely N-dealkylation sites (tertiary alicyclic amines) is 1. The third-order valence-electron chi connectivity index (χ3n) is 5.55. The van der Waals surface area contributed by atoms with Gasteiger partial charge in [0.05, 0.1) is 19.3 Å². The van der Waals surface area contributed by atoms with Crippen molar-refractivity contribution in [3.63, 3.8) is 0 Å². The van der Waals surface area contributed by atoms with Gasteiger partial charge in [-0.15, -0.1) is 0 Å². The number of nitrogens with zero attached hydrogens (tertiary/aromatic N) is 2. The first-order chi connectivity index (χ1) is 11.4. The number of ether oxygens (including phenoxy) is 1. The number of aromatic nitrogens is 2. The van der Waals surface area contributed by atoms with Crippen LogP contribution in [0.5, 0.6) is 5.75 Å². The average Bonchev–Trinajstić information content (AvgIpc) is 3.03. The van der Waals surface area contributed by atoms with Crippen molar-refractivity contribution in [2.24, 2.45) is 11.3 Å². The number of carbonyl (C=O) groups excluding carboxylic acids is 1. The highest BCUT2D eigenvalue weighted by Gasteiger charge is 2.38. The summed E-state index contributed by atoms with van der Waals surface area (Å²) in [5.74, 6) is 1.11. The summed E-state index contributed by atoms with van der Waals surface area (Å²) in [7, 11) is 1.45. The van der Waals surface area contributed by atoms with Gasteiger partial charge in [0.2, 0.25) is 11.7 Å². The van der Waals surface area contributed by atoms with Crippen LogP contribution in [-0.4, -0.2) is 34.4 Å². The highest BCUT2D eigenvalue weighted by molar-refractivity contribution is 5.79. The van der Waals surface area contributed by atoms with Crippen LogP contribution in [0.1, 0.15) is 64.2 Å². The SMILES string of the molecule is COc1cnc([C@@H]2CCCN2C(=O)C2CCC(C)(C)CC2)[nH]c1=O. The fraction of sp³-hybridized carbons (Fsp3) is 0.722. The molecule has 0 radical (unpaired) electrons.